The summed E-state index contributed by atoms with van der Waals surface area (Å²) in [6.07, 6.45) is -3.76. The molecule has 0 saturated carbocycles. The zero-order valence-corrected chi connectivity index (χ0v) is 19.1. The van der Waals surface area contributed by atoms with Crippen LogP contribution >= 0.6 is 11.9 Å². The number of benzene rings is 1. The van der Waals surface area contributed by atoms with Crippen molar-refractivity contribution in [2.24, 2.45) is 11.1 Å². The van der Waals surface area contributed by atoms with Crippen LogP contribution in [0.15, 0.2) is 29.2 Å². The molecule has 1 aromatic rings. The lowest BCUT2D eigenvalue weighted by Gasteiger charge is -2.25. The molecule has 0 radical (unpaired) electrons. The smallest absolute Gasteiger partial charge is 0.377 e. The van der Waals surface area contributed by atoms with Gasteiger partial charge in [-0.1, -0.05) is 13.8 Å². The van der Waals surface area contributed by atoms with Gasteiger partial charge < -0.3 is 20.1 Å². The number of hydrogen-bond acceptors (Lipinski definition) is 6. The Bertz CT molecular complexity index is 597. The molecule has 0 bridgehead atoms. The number of hydrogen-bond donors (Lipinski definition) is 3. The normalized spacial score (nSPS) is 11.8. The van der Waals surface area contributed by atoms with Crippen LogP contribution < -0.4 is 15.8 Å². The van der Waals surface area contributed by atoms with Crippen LogP contribution in [0.4, 0.5) is 18.9 Å². The number of ether oxygens (including phenoxy) is 2. The number of halogens is 3. The van der Waals surface area contributed by atoms with E-state index in [1.807, 2.05) is 7.05 Å². The second kappa shape index (κ2) is 14.6. The number of anilines is 1. The number of likely N-dealkylation sites (N-methyl/N-ethyl adjacent to an activating group) is 1. The summed E-state index contributed by atoms with van der Waals surface area (Å²) < 4.78 is 46.8. The SMILES string of the molecule is CNCCOCC(C)(C)OCCC(C)C.NSc1ccc(NC(=O)C(F)(F)F)cc1. The number of nitrogens with one attached hydrogen (secondary N) is 2. The average molecular weight is 454 g/mol. The lowest BCUT2D eigenvalue weighted by molar-refractivity contribution is -0.167. The maximum Gasteiger partial charge on any atom is 0.471 e. The van der Waals surface area contributed by atoms with Crippen molar-refractivity contribution in [3.05, 3.63) is 24.3 Å². The van der Waals surface area contributed by atoms with E-state index in [1.54, 1.807) is 5.32 Å². The zero-order valence-electron chi connectivity index (χ0n) is 18.3. The van der Waals surface area contributed by atoms with Gasteiger partial charge in [-0.15, -0.1) is 0 Å². The maximum atomic E-state index is 11.8. The predicted octanol–water partition coefficient (Wildman–Crippen LogP) is 4.22. The fourth-order valence-electron chi connectivity index (χ4n) is 1.92. The van der Waals surface area contributed by atoms with Gasteiger partial charge in [0.25, 0.3) is 0 Å². The molecule has 10 heteroatoms. The van der Waals surface area contributed by atoms with E-state index in [2.05, 4.69) is 33.0 Å². The van der Waals surface area contributed by atoms with Crippen LogP contribution in [0.25, 0.3) is 0 Å². The highest BCUT2D eigenvalue weighted by Gasteiger charge is 2.38. The van der Waals surface area contributed by atoms with Crippen molar-refractivity contribution >= 4 is 23.5 Å². The summed E-state index contributed by atoms with van der Waals surface area (Å²) in [5.41, 5.74) is -0.0852. The van der Waals surface area contributed by atoms with Gasteiger partial charge in [-0.3, -0.25) is 9.93 Å². The number of rotatable bonds is 11. The quantitative estimate of drug-likeness (QED) is 0.344. The van der Waals surface area contributed by atoms with E-state index in [1.165, 1.54) is 24.3 Å². The summed E-state index contributed by atoms with van der Waals surface area (Å²) in [7, 11) is 1.92. The van der Waals surface area contributed by atoms with E-state index in [9.17, 15) is 18.0 Å². The summed E-state index contributed by atoms with van der Waals surface area (Å²) in [6, 6.07) is 5.71. The van der Waals surface area contributed by atoms with Gasteiger partial charge in [0.15, 0.2) is 0 Å². The monoisotopic (exact) mass is 453 g/mol. The van der Waals surface area contributed by atoms with Gasteiger partial charge in [-0.25, -0.2) is 0 Å². The summed E-state index contributed by atoms with van der Waals surface area (Å²) >= 11 is 0.967. The molecule has 30 heavy (non-hydrogen) atoms. The Labute approximate surface area is 181 Å². The van der Waals surface area contributed by atoms with Crippen LogP contribution in [-0.4, -0.2) is 51.1 Å². The predicted molar refractivity (Wildman–Crippen MR) is 115 cm³/mol. The first-order valence-electron chi connectivity index (χ1n) is 9.62. The minimum atomic E-state index is -4.87. The van der Waals surface area contributed by atoms with Gasteiger partial charge in [0.1, 0.15) is 0 Å². The van der Waals surface area contributed by atoms with Gasteiger partial charge in [0.05, 0.1) is 18.8 Å². The highest BCUT2D eigenvalue weighted by Crippen LogP contribution is 2.20. The zero-order chi connectivity index (χ0) is 23.2. The van der Waals surface area contributed by atoms with E-state index < -0.39 is 12.1 Å². The largest absolute Gasteiger partial charge is 0.471 e. The van der Waals surface area contributed by atoms with Crippen molar-refractivity contribution in [3.63, 3.8) is 0 Å². The first-order valence-corrected chi connectivity index (χ1v) is 10.5. The topological polar surface area (TPSA) is 85.6 Å². The van der Waals surface area contributed by atoms with Crippen LogP contribution in [-0.2, 0) is 14.3 Å². The summed E-state index contributed by atoms with van der Waals surface area (Å²) in [4.78, 5) is 11.2. The Morgan fingerprint density at radius 2 is 1.77 bits per heavy atom. The molecule has 1 amide bonds. The fourth-order valence-corrected chi connectivity index (χ4v) is 2.22. The number of carbonyl (C=O) groups is 1. The van der Waals surface area contributed by atoms with Crippen LogP contribution in [0.1, 0.15) is 34.1 Å². The molecular formula is C20H34F3N3O3S. The number of carbonyl (C=O) groups excluding carboxylic acids is 1. The third-order valence-corrected chi connectivity index (χ3v) is 4.18. The van der Waals surface area contributed by atoms with E-state index in [0.29, 0.717) is 17.4 Å². The minimum absolute atomic E-state index is 0.0788. The lowest BCUT2D eigenvalue weighted by Crippen LogP contribution is -2.32. The molecule has 0 aliphatic carbocycles. The molecule has 6 nitrogen and oxygen atoms in total. The van der Waals surface area contributed by atoms with Gasteiger partial charge in [-0.2, -0.15) is 13.2 Å². The molecule has 0 fully saturated rings. The van der Waals surface area contributed by atoms with E-state index in [4.69, 9.17) is 14.6 Å². The lowest BCUT2D eigenvalue weighted by atomic mass is 10.1. The molecule has 1 rings (SSSR count). The Hall–Kier alpha value is -1.33. The molecule has 0 aromatic heterocycles. The Balaban J connectivity index is 0.000000561. The van der Waals surface area contributed by atoms with E-state index in [-0.39, 0.29) is 11.3 Å². The minimum Gasteiger partial charge on any atom is -0.377 e. The van der Waals surface area contributed by atoms with Gasteiger partial charge >= 0.3 is 12.1 Å². The van der Waals surface area contributed by atoms with Gasteiger partial charge in [0.2, 0.25) is 0 Å². The molecule has 0 spiro atoms. The first-order chi connectivity index (χ1) is 13.9. The molecule has 0 atom stereocenters. The third-order valence-electron chi connectivity index (χ3n) is 3.64. The second-order valence-corrected chi connectivity index (χ2v) is 8.25. The summed E-state index contributed by atoms with van der Waals surface area (Å²) in [5.74, 6) is -1.29. The second-order valence-electron chi connectivity index (χ2n) is 7.54. The Morgan fingerprint density at radius 1 is 1.17 bits per heavy atom. The number of alkyl halides is 3. The molecule has 0 heterocycles. The van der Waals surface area contributed by atoms with Gasteiger partial charge in [0, 0.05) is 23.7 Å². The molecule has 0 aliphatic heterocycles. The molecule has 0 aliphatic rings. The summed E-state index contributed by atoms with van der Waals surface area (Å²) in [6.45, 7) is 11.7. The van der Waals surface area contributed by atoms with Crippen molar-refractivity contribution in [1.82, 2.24) is 5.32 Å². The molecule has 0 unspecified atom stereocenters. The first kappa shape index (κ1) is 28.7. The van der Waals surface area contributed by atoms with Gasteiger partial charge in [-0.05, 0) is 69.4 Å². The fraction of sp³-hybridized carbons (Fsp3) is 0.650. The van der Waals surface area contributed by atoms with Crippen molar-refractivity contribution in [2.75, 3.05) is 38.7 Å². The highest BCUT2D eigenvalue weighted by molar-refractivity contribution is 7.97. The van der Waals surface area contributed by atoms with Crippen LogP contribution in [0.2, 0.25) is 0 Å². The number of nitrogens with two attached hydrogens (primary N) is 1. The summed E-state index contributed by atoms with van der Waals surface area (Å²) in [5, 5.41) is 9.99. The Kier molecular flexibility index (Phi) is 14.0. The van der Waals surface area contributed by atoms with E-state index in [0.717, 1.165) is 38.1 Å². The van der Waals surface area contributed by atoms with E-state index >= 15 is 0 Å². The third kappa shape index (κ3) is 14.6. The van der Waals surface area contributed by atoms with Crippen LogP contribution in [0, 0.1) is 5.92 Å². The van der Waals surface area contributed by atoms with Crippen molar-refractivity contribution in [1.29, 1.82) is 0 Å². The molecule has 174 valence electrons. The average Bonchev–Trinajstić information content (AvgIpc) is 2.65. The van der Waals surface area contributed by atoms with Crippen LogP contribution in [0.3, 0.4) is 0 Å². The van der Waals surface area contributed by atoms with Crippen LogP contribution in [0.5, 0.6) is 0 Å². The highest BCUT2D eigenvalue weighted by atomic mass is 32.2. The number of amides is 1. The van der Waals surface area contributed by atoms with Crippen molar-refractivity contribution < 1.29 is 27.4 Å². The molecule has 0 saturated heterocycles. The standard InChI is InChI=1S/C12H27NO2.C8H7F3N2OS/c1-11(2)6-8-15-12(3,4)10-14-9-7-13-5;9-8(10,11)7(14)13-5-1-3-6(15-12)4-2-5/h11,13H,6-10H2,1-5H3;1-4H,12H2,(H,13,14). The van der Waals surface area contributed by atoms with Crippen molar-refractivity contribution in [3.8, 4) is 0 Å². The molecule has 4 N–H and O–H groups in total. The molecular weight excluding hydrogens is 419 g/mol. The Morgan fingerprint density at radius 3 is 2.23 bits per heavy atom. The van der Waals surface area contributed by atoms with Crippen molar-refractivity contribution in [2.45, 2.75) is 50.8 Å². The maximum absolute atomic E-state index is 11.8. The molecule has 1 aromatic carbocycles.